The van der Waals surface area contributed by atoms with Crippen LogP contribution in [0, 0.1) is 11.3 Å². The quantitative estimate of drug-likeness (QED) is 0.716. The number of carbonyl (C=O) groups is 1. The molecule has 0 aliphatic carbocycles. The van der Waals surface area contributed by atoms with Crippen molar-refractivity contribution < 1.29 is 14.6 Å². The van der Waals surface area contributed by atoms with E-state index in [1.54, 1.807) is 12.1 Å². The van der Waals surface area contributed by atoms with Crippen LogP contribution < -0.4 is 10.5 Å². The maximum Gasteiger partial charge on any atom is 0.306 e. The van der Waals surface area contributed by atoms with Crippen LogP contribution in [-0.4, -0.2) is 17.7 Å². The molecular formula is C10H10N2O3. The topological polar surface area (TPSA) is 96.3 Å². The van der Waals surface area contributed by atoms with Crippen molar-refractivity contribution >= 4 is 11.7 Å². The summed E-state index contributed by atoms with van der Waals surface area (Å²) in [6, 6.07) is 6.55. The average Bonchev–Trinajstić information content (AvgIpc) is 2.19. The summed E-state index contributed by atoms with van der Waals surface area (Å²) in [6.45, 7) is 0.0356. The van der Waals surface area contributed by atoms with Crippen LogP contribution >= 0.6 is 0 Å². The maximum atomic E-state index is 10.2. The molecule has 0 saturated heterocycles. The molecule has 0 atom stereocenters. The Morgan fingerprint density at radius 1 is 1.60 bits per heavy atom. The molecule has 0 aromatic heterocycles. The van der Waals surface area contributed by atoms with E-state index in [4.69, 9.17) is 20.8 Å². The number of ether oxygens (including phenoxy) is 1. The Labute approximate surface area is 86.7 Å². The van der Waals surface area contributed by atoms with Gasteiger partial charge in [-0.2, -0.15) is 5.26 Å². The minimum atomic E-state index is -0.941. The average molecular weight is 206 g/mol. The van der Waals surface area contributed by atoms with Gasteiger partial charge in [0.1, 0.15) is 11.8 Å². The molecule has 0 aliphatic heterocycles. The van der Waals surface area contributed by atoms with Gasteiger partial charge < -0.3 is 15.6 Å². The zero-order valence-electron chi connectivity index (χ0n) is 7.93. The number of benzene rings is 1. The molecule has 15 heavy (non-hydrogen) atoms. The van der Waals surface area contributed by atoms with Crippen molar-refractivity contribution in [2.45, 2.75) is 6.42 Å². The Hall–Kier alpha value is -2.22. The molecule has 0 saturated carbocycles. The highest BCUT2D eigenvalue weighted by atomic mass is 16.5. The lowest BCUT2D eigenvalue weighted by atomic mass is 10.2. The van der Waals surface area contributed by atoms with Gasteiger partial charge >= 0.3 is 5.97 Å². The lowest BCUT2D eigenvalue weighted by Crippen LogP contribution is -2.05. The van der Waals surface area contributed by atoms with Gasteiger partial charge in [0.2, 0.25) is 0 Å². The highest BCUT2D eigenvalue weighted by molar-refractivity contribution is 5.66. The van der Waals surface area contributed by atoms with Gasteiger partial charge in [-0.05, 0) is 18.2 Å². The van der Waals surface area contributed by atoms with E-state index in [0.29, 0.717) is 17.0 Å². The third-order valence-electron chi connectivity index (χ3n) is 1.70. The number of aliphatic carboxylic acids is 1. The fraction of sp³-hybridized carbons (Fsp3) is 0.200. The summed E-state index contributed by atoms with van der Waals surface area (Å²) in [5.74, 6) is -0.586. The van der Waals surface area contributed by atoms with Gasteiger partial charge in [-0.3, -0.25) is 4.79 Å². The molecule has 0 fully saturated rings. The van der Waals surface area contributed by atoms with E-state index in [9.17, 15) is 4.79 Å². The normalized spacial score (nSPS) is 9.27. The number of hydrogen-bond donors (Lipinski definition) is 2. The summed E-state index contributed by atoms with van der Waals surface area (Å²) in [7, 11) is 0. The summed E-state index contributed by atoms with van der Waals surface area (Å²) >= 11 is 0. The van der Waals surface area contributed by atoms with Crippen molar-refractivity contribution in [1.82, 2.24) is 0 Å². The Balaban J connectivity index is 2.69. The summed E-state index contributed by atoms with van der Waals surface area (Å²) in [4.78, 5) is 10.2. The van der Waals surface area contributed by atoms with Gasteiger partial charge in [-0.15, -0.1) is 0 Å². The molecule has 5 heteroatoms. The summed E-state index contributed by atoms with van der Waals surface area (Å²) in [6.07, 6.45) is -0.102. The number of nitrogens with two attached hydrogens (primary N) is 1. The summed E-state index contributed by atoms with van der Waals surface area (Å²) in [5, 5.41) is 17.1. The second-order valence-electron chi connectivity index (χ2n) is 2.86. The number of nitrogens with zero attached hydrogens (tertiary/aromatic N) is 1. The Morgan fingerprint density at radius 3 is 2.93 bits per heavy atom. The number of hydrogen-bond acceptors (Lipinski definition) is 4. The molecule has 0 amide bonds. The predicted molar refractivity (Wildman–Crippen MR) is 53.3 cm³/mol. The molecule has 0 unspecified atom stereocenters. The number of carboxylic acids is 1. The number of nitriles is 1. The number of anilines is 1. The molecule has 0 radical (unpaired) electrons. The molecular weight excluding hydrogens is 196 g/mol. The number of carboxylic acid groups (broad SMARTS) is 1. The van der Waals surface area contributed by atoms with E-state index in [-0.39, 0.29) is 13.0 Å². The molecule has 5 nitrogen and oxygen atoms in total. The molecule has 1 rings (SSSR count). The zero-order valence-corrected chi connectivity index (χ0v) is 7.93. The van der Waals surface area contributed by atoms with Gasteiger partial charge in [-0.1, -0.05) is 0 Å². The molecule has 1 aromatic carbocycles. The first-order valence-electron chi connectivity index (χ1n) is 4.27. The van der Waals surface area contributed by atoms with Gasteiger partial charge in [0, 0.05) is 5.69 Å². The van der Waals surface area contributed by atoms with Crippen LogP contribution in [0.15, 0.2) is 18.2 Å². The summed E-state index contributed by atoms with van der Waals surface area (Å²) < 4.78 is 5.13. The fourth-order valence-corrected chi connectivity index (χ4v) is 1.01. The van der Waals surface area contributed by atoms with Crippen LogP contribution in [0.2, 0.25) is 0 Å². The smallest absolute Gasteiger partial charge is 0.306 e. The monoisotopic (exact) mass is 206 g/mol. The second kappa shape index (κ2) is 4.86. The second-order valence-corrected chi connectivity index (χ2v) is 2.86. The predicted octanol–water partition coefficient (Wildman–Crippen LogP) is 0.994. The van der Waals surface area contributed by atoms with E-state index in [1.165, 1.54) is 6.07 Å². The van der Waals surface area contributed by atoms with Crippen molar-refractivity contribution in [3.05, 3.63) is 23.8 Å². The first kappa shape index (κ1) is 10.9. The van der Waals surface area contributed by atoms with Crippen molar-refractivity contribution in [3.8, 4) is 11.8 Å². The lowest BCUT2D eigenvalue weighted by Gasteiger charge is -2.06. The first-order valence-corrected chi connectivity index (χ1v) is 4.27. The molecule has 78 valence electrons. The third-order valence-corrected chi connectivity index (χ3v) is 1.70. The van der Waals surface area contributed by atoms with Gasteiger partial charge in [0.15, 0.2) is 0 Å². The Kier molecular flexibility index (Phi) is 3.52. The van der Waals surface area contributed by atoms with Crippen LogP contribution in [0.5, 0.6) is 5.75 Å². The van der Waals surface area contributed by atoms with Crippen molar-refractivity contribution in [2.75, 3.05) is 12.3 Å². The molecule has 0 heterocycles. The highest BCUT2D eigenvalue weighted by Gasteiger charge is 2.04. The highest BCUT2D eigenvalue weighted by Crippen LogP contribution is 2.20. The van der Waals surface area contributed by atoms with Crippen LogP contribution in [0.1, 0.15) is 12.0 Å². The standard InChI is InChI=1S/C10H10N2O3/c11-6-7-5-8(12)1-2-9(7)15-4-3-10(13)14/h1-2,5H,3-4,12H2,(H,13,14). The van der Waals surface area contributed by atoms with Gasteiger partial charge in [0.05, 0.1) is 18.6 Å². The van der Waals surface area contributed by atoms with Gasteiger partial charge in [-0.25, -0.2) is 0 Å². The molecule has 3 N–H and O–H groups in total. The van der Waals surface area contributed by atoms with Crippen LogP contribution in [0.3, 0.4) is 0 Å². The molecule has 0 spiro atoms. The SMILES string of the molecule is N#Cc1cc(N)ccc1OCCC(=O)O. The minimum absolute atomic E-state index is 0.0356. The van der Waals surface area contributed by atoms with Crippen LogP contribution in [-0.2, 0) is 4.79 Å². The maximum absolute atomic E-state index is 10.2. The van der Waals surface area contributed by atoms with Crippen LogP contribution in [0.4, 0.5) is 5.69 Å². The molecule has 0 bridgehead atoms. The molecule has 0 aliphatic rings. The Morgan fingerprint density at radius 2 is 2.33 bits per heavy atom. The van der Waals surface area contributed by atoms with Crippen molar-refractivity contribution in [1.29, 1.82) is 5.26 Å². The Bertz CT molecular complexity index is 410. The van der Waals surface area contributed by atoms with Crippen molar-refractivity contribution in [2.24, 2.45) is 0 Å². The molecule has 1 aromatic rings. The minimum Gasteiger partial charge on any atom is -0.492 e. The van der Waals surface area contributed by atoms with Gasteiger partial charge in [0.25, 0.3) is 0 Å². The van der Waals surface area contributed by atoms with E-state index in [0.717, 1.165) is 0 Å². The van der Waals surface area contributed by atoms with Crippen LogP contribution in [0.25, 0.3) is 0 Å². The fourth-order valence-electron chi connectivity index (χ4n) is 1.01. The first-order chi connectivity index (χ1) is 7.13. The van der Waals surface area contributed by atoms with E-state index >= 15 is 0 Å². The van der Waals surface area contributed by atoms with E-state index in [1.807, 2.05) is 6.07 Å². The number of nitrogen functional groups attached to an aromatic ring is 1. The lowest BCUT2D eigenvalue weighted by molar-refractivity contribution is -0.137. The largest absolute Gasteiger partial charge is 0.492 e. The van der Waals surface area contributed by atoms with E-state index < -0.39 is 5.97 Å². The summed E-state index contributed by atoms with van der Waals surface area (Å²) in [5.41, 5.74) is 6.25. The third kappa shape index (κ3) is 3.19. The zero-order chi connectivity index (χ0) is 11.3. The number of rotatable bonds is 4. The van der Waals surface area contributed by atoms with Crippen molar-refractivity contribution in [3.63, 3.8) is 0 Å². The van der Waals surface area contributed by atoms with E-state index in [2.05, 4.69) is 0 Å².